The van der Waals surface area contributed by atoms with E-state index < -0.39 is 57.8 Å². The Bertz CT molecular complexity index is 1270. The molecular weight excluding hydrogens is 904 g/mol. The maximum atomic E-state index is 12.9. The van der Waals surface area contributed by atoms with Crippen LogP contribution in [-0.4, -0.2) is 66.5 Å². The van der Waals surface area contributed by atoms with Gasteiger partial charge in [-0.2, -0.15) is 0 Å². The Morgan fingerprint density at radius 3 is 1.09 bits per heavy atom. The molecule has 0 amide bonds. The van der Waals surface area contributed by atoms with Crippen LogP contribution in [0.2, 0.25) is 0 Å². The maximum Gasteiger partial charge on any atom is 0.472 e. The summed E-state index contributed by atoms with van der Waals surface area (Å²) in [4.78, 5) is 48.5. The number of unbranched alkanes of at least 4 members (excludes halogenated alkanes) is 34. The lowest BCUT2D eigenvalue weighted by Gasteiger charge is -2.21. The Labute approximate surface area is 429 Å². The number of phosphoric acid groups is 1. The van der Waals surface area contributed by atoms with Crippen LogP contribution in [0.1, 0.15) is 290 Å². The lowest BCUT2D eigenvalue weighted by molar-refractivity contribution is -0.161. The van der Waals surface area contributed by atoms with Crippen LogP contribution in [0.3, 0.4) is 0 Å². The van der Waals surface area contributed by atoms with Crippen molar-refractivity contribution in [2.24, 2.45) is 0 Å². The topological polar surface area (TPSA) is 155 Å². The smallest absolute Gasteiger partial charge is 0.462 e. The number of ether oxygens (including phenoxy) is 3. The highest BCUT2D eigenvalue weighted by molar-refractivity contribution is 7.47. The maximum absolute atomic E-state index is 12.9. The zero-order valence-electron chi connectivity index (χ0n) is 45.5. The highest BCUT2D eigenvalue weighted by Gasteiger charge is 2.28. The molecule has 0 aromatic rings. The SMILES string of the molecule is CCCCC/C=C\C/C=C\CCCCCCCC(=O)OC(CO)COP(=O)(O)OCC(COC(=O)CCCCCCCCCCCCC)OC(=O)CCCCCCCCCCCCCCCCCCC. The van der Waals surface area contributed by atoms with Crippen LogP contribution in [0, 0.1) is 0 Å². The molecule has 0 saturated heterocycles. The molecule has 0 bridgehead atoms. The van der Waals surface area contributed by atoms with E-state index in [1.54, 1.807) is 0 Å². The summed E-state index contributed by atoms with van der Waals surface area (Å²) in [7, 11) is -4.74. The van der Waals surface area contributed by atoms with Gasteiger partial charge in [-0.3, -0.25) is 23.4 Å². The van der Waals surface area contributed by atoms with Gasteiger partial charge < -0.3 is 24.2 Å². The summed E-state index contributed by atoms with van der Waals surface area (Å²) in [6.07, 6.45) is 52.7. The van der Waals surface area contributed by atoms with E-state index in [0.29, 0.717) is 19.3 Å². The third-order valence-corrected chi connectivity index (χ3v) is 13.8. The Morgan fingerprint density at radius 1 is 0.400 bits per heavy atom. The van der Waals surface area contributed by atoms with Crippen molar-refractivity contribution < 1.29 is 52.2 Å². The average molecular weight is 1010 g/mol. The number of hydrogen-bond donors (Lipinski definition) is 2. The molecule has 0 aliphatic rings. The lowest BCUT2D eigenvalue weighted by atomic mass is 10.0. The van der Waals surface area contributed by atoms with Crippen molar-refractivity contribution >= 4 is 25.7 Å². The average Bonchev–Trinajstić information content (AvgIpc) is 3.35. The minimum Gasteiger partial charge on any atom is -0.462 e. The van der Waals surface area contributed by atoms with Gasteiger partial charge in [-0.25, -0.2) is 4.57 Å². The molecular formula is C58H109O11P. The number of esters is 3. The number of phosphoric ester groups is 1. The quantitative estimate of drug-likeness (QED) is 0.0197. The molecule has 412 valence electrons. The van der Waals surface area contributed by atoms with Gasteiger partial charge in [0.05, 0.1) is 19.8 Å². The molecule has 0 saturated carbocycles. The summed E-state index contributed by atoms with van der Waals surface area (Å²) < 4.78 is 39.5. The predicted molar refractivity (Wildman–Crippen MR) is 289 cm³/mol. The highest BCUT2D eigenvalue weighted by Crippen LogP contribution is 2.43. The third kappa shape index (κ3) is 50.9. The number of aliphatic hydroxyl groups excluding tert-OH is 1. The fourth-order valence-electron chi connectivity index (χ4n) is 8.39. The molecule has 0 spiro atoms. The molecule has 0 heterocycles. The number of allylic oxidation sites excluding steroid dienone is 4. The Hall–Kier alpha value is -2.04. The fourth-order valence-corrected chi connectivity index (χ4v) is 9.17. The fraction of sp³-hybridized carbons (Fsp3) is 0.879. The second-order valence-corrected chi connectivity index (χ2v) is 21.3. The van der Waals surface area contributed by atoms with Crippen molar-refractivity contribution in [3.8, 4) is 0 Å². The molecule has 0 aromatic heterocycles. The van der Waals surface area contributed by atoms with Gasteiger partial charge in [0.25, 0.3) is 0 Å². The van der Waals surface area contributed by atoms with Gasteiger partial charge in [0.1, 0.15) is 12.7 Å². The Morgan fingerprint density at radius 2 is 0.700 bits per heavy atom. The summed E-state index contributed by atoms with van der Waals surface area (Å²) in [5, 5.41) is 9.80. The zero-order valence-corrected chi connectivity index (χ0v) is 46.4. The molecule has 12 heteroatoms. The minimum absolute atomic E-state index is 0.165. The van der Waals surface area contributed by atoms with Crippen molar-refractivity contribution in [3.05, 3.63) is 24.3 Å². The van der Waals surface area contributed by atoms with Crippen molar-refractivity contribution in [2.75, 3.05) is 26.4 Å². The molecule has 0 aromatic carbocycles. The highest BCUT2D eigenvalue weighted by atomic mass is 31.2. The number of carbonyl (C=O) groups is 3. The molecule has 0 aliphatic heterocycles. The third-order valence-electron chi connectivity index (χ3n) is 12.9. The van der Waals surface area contributed by atoms with Crippen LogP contribution < -0.4 is 0 Å². The molecule has 11 nitrogen and oxygen atoms in total. The van der Waals surface area contributed by atoms with E-state index in [9.17, 15) is 28.9 Å². The number of aliphatic hydroxyl groups is 1. The van der Waals surface area contributed by atoms with Crippen LogP contribution in [0.15, 0.2) is 24.3 Å². The zero-order chi connectivity index (χ0) is 51.3. The van der Waals surface area contributed by atoms with E-state index in [1.165, 1.54) is 148 Å². The van der Waals surface area contributed by atoms with Gasteiger partial charge in [-0.05, 0) is 51.4 Å². The van der Waals surface area contributed by atoms with E-state index >= 15 is 0 Å². The van der Waals surface area contributed by atoms with E-state index in [-0.39, 0.29) is 25.9 Å². The first-order chi connectivity index (χ1) is 34.2. The van der Waals surface area contributed by atoms with Gasteiger partial charge in [0, 0.05) is 19.3 Å². The molecule has 0 aliphatic carbocycles. The summed E-state index contributed by atoms with van der Waals surface area (Å²) in [5.41, 5.74) is 0. The van der Waals surface area contributed by atoms with E-state index in [2.05, 4.69) is 45.1 Å². The first-order valence-corrected chi connectivity index (χ1v) is 30.7. The largest absolute Gasteiger partial charge is 0.472 e. The lowest BCUT2D eigenvalue weighted by Crippen LogP contribution is -2.30. The van der Waals surface area contributed by atoms with E-state index in [1.807, 2.05) is 0 Å². The van der Waals surface area contributed by atoms with Gasteiger partial charge in [0.2, 0.25) is 0 Å². The second kappa shape index (κ2) is 53.3. The first-order valence-electron chi connectivity index (χ1n) is 29.2. The van der Waals surface area contributed by atoms with Crippen molar-refractivity contribution in [1.29, 1.82) is 0 Å². The number of rotatable bonds is 55. The van der Waals surface area contributed by atoms with E-state index in [0.717, 1.165) is 83.5 Å². The monoisotopic (exact) mass is 1010 g/mol. The van der Waals surface area contributed by atoms with Crippen LogP contribution in [0.25, 0.3) is 0 Å². The molecule has 3 atom stereocenters. The second-order valence-electron chi connectivity index (χ2n) is 19.8. The number of hydrogen-bond acceptors (Lipinski definition) is 10. The predicted octanol–water partition coefficient (Wildman–Crippen LogP) is 17.0. The van der Waals surface area contributed by atoms with Gasteiger partial charge in [-0.1, -0.05) is 244 Å². The number of carbonyl (C=O) groups excluding carboxylic acids is 3. The van der Waals surface area contributed by atoms with Gasteiger partial charge in [0.15, 0.2) is 6.10 Å². The van der Waals surface area contributed by atoms with Gasteiger partial charge >= 0.3 is 25.7 Å². The molecule has 0 fully saturated rings. The molecule has 2 N–H and O–H groups in total. The van der Waals surface area contributed by atoms with Crippen LogP contribution >= 0.6 is 7.82 Å². The standard InChI is InChI=1S/C58H109O11P/c1-4-7-10-13-16-19-22-24-26-27-29-31-34-37-40-43-46-49-58(62)69-55(51-65-56(60)47-44-41-38-35-32-21-18-15-12-9-6-3)53-67-70(63,64)66-52-54(50-59)68-57(61)48-45-42-39-36-33-30-28-25-23-20-17-14-11-8-5-2/h17,20,25,28,54-55,59H,4-16,18-19,21-24,26-27,29-53H2,1-3H3,(H,63,64)/b20-17-,28-25-. The van der Waals surface area contributed by atoms with Crippen LogP contribution in [-0.2, 0) is 42.2 Å². The molecule has 0 radical (unpaired) electrons. The summed E-state index contributed by atoms with van der Waals surface area (Å²) in [6, 6.07) is 0. The van der Waals surface area contributed by atoms with Crippen molar-refractivity contribution in [1.82, 2.24) is 0 Å². The molecule has 0 rings (SSSR count). The summed E-state index contributed by atoms with van der Waals surface area (Å²) in [6.45, 7) is 4.64. The van der Waals surface area contributed by atoms with E-state index in [4.69, 9.17) is 23.3 Å². The Kier molecular flexibility index (Phi) is 51.7. The minimum atomic E-state index is -4.74. The first kappa shape index (κ1) is 68.0. The normalized spacial score (nSPS) is 13.5. The van der Waals surface area contributed by atoms with Gasteiger partial charge in [-0.15, -0.1) is 0 Å². The van der Waals surface area contributed by atoms with Crippen LogP contribution in [0.5, 0.6) is 0 Å². The Balaban J connectivity index is 4.65. The summed E-state index contributed by atoms with van der Waals surface area (Å²) in [5.74, 6) is -1.45. The summed E-state index contributed by atoms with van der Waals surface area (Å²) >= 11 is 0. The van der Waals surface area contributed by atoms with Crippen molar-refractivity contribution in [3.63, 3.8) is 0 Å². The molecule has 3 unspecified atom stereocenters. The van der Waals surface area contributed by atoms with Crippen molar-refractivity contribution in [2.45, 2.75) is 303 Å². The van der Waals surface area contributed by atoms with Crippen LogP contribution in [0.4, 0.5) is 0 Å². The molecule has 70 heavy (non-hydrogen) atoms.